The molecule has 2 amide bonds. The topological polar surface area (TPSA) is 95.5 Å². The van der Waals surface area contributed by atoms with Gasteiger partial charge in [-0.1, -0.05) is 42.5 Å². The maximum absolute atomic E-state index is 13.3. The van der Waals surface area contributed by atoms with E-state index < -0.39 is 11.1 Å². The summed E-state index contributed by atoms with van der Waals surface area (Å²) in [4.78, 5) is 34.4. The number of aliphatic imine (C=N–C) groups is 1. The molecule has 2 atom stereocenters. The molecular weight excluding hydrogens is 694 g/mol. The minimum atomic E-state index is -0.518. The lowest BCUT2D eigenvalue weighted by Crippen LogP contribution is -2.45. The van der Waals surface area contributed by atoms with E-state index in [0.29, 0.717) is 19.6 Å². The number of para-hydroxylation sites is 2. The summed E-state index contributed by atoms with van der Waals surface area (Å²) in [5.74, 6) is 1.77. The van der Waals surface area contributed by atoms with Crippen molar-refractivity contribution < 1.29 is 19.1 Å². The van der Waals surface area contributed by atoms with Crippen molar-refractivity contribution in [2.24, 2.45) is 4.99 Å². The van der Waals surface area contributed by atoms with Crippen LogP contribution in [0.15, 0.2) is 100 Å². The van der Waals surface area contributed by atoms with Crippen molar-refractivity contribution in [3.63, 3.8) is 0 Å². The lowest BCUT2D eigenvalue weighted by Gasteiger charge is -2.24. The summed E-state index contributed by atoms with van der Waals surface area (Å²) in [6.45, 7) is 2.12. The first-order chi connectivity index (χ1) is 24.3. The third-order valence-corrected chi connectivity index (χ3v) is 11.2. The van der Waals surface area contributed by atoms with Crippen molar-refractivity contribution in [1.82, 2.24) is 0 Å². The van der Waals surface area contributed by atoms with E-state index in [-0.39, 0.29) is 11.8 Å². The second-order valence-electron chi connectivity index (χ2n) is 13.4. The largest absolute Gasteiger partial charge is 0.496 e. The molecule has 5 aliphatic rings. The van der Waals surface area contributed by atoms with E-state index in [0.717, 1.165) is 75.5 Å². The number of rotatable bonds is 5. The molecule has 2 unspecified atom stereocenters. The van der Waals surface area contributed by atoms with E-state index in [4.69, 9.17) is 9.47 Å². The quantitative estimate of drug-likeness (QED) is 0.232. The number of anilines is 4. The Kier molecular flexibility index (Phi) is 8.14. The number of allylic oxidation sites excluding steroid dienone is 1. The molecule has 2 N–H and O–H groups in total. The third kappa shape index (κ3) is 5.42. The summed E-state index contributed by atoms with van der Waals surface area (Å²) in [5.41, 5.74) is 7.41. The average molecular weight is 733 g/mol. The minimum absolute atomic E-state index is 0.134. The van der Waals surface area contributed by atoms with Crippen LogP contribution in [0.2, 0.25) is 0 Å². The summed E-state index contributed by atoms with van der Waals surface area (Å²) in [7, 11) is 3.30. The van der Waals surface area contributed by atoms with Gasteiger partial charge in [-0.2, -0.15) is 0 Å². The number of amides is 2. The number of nitrogens with one attached hydrogen (secondary N) is 2. The first kappa shape index (κ1) is 32.1. The number of carbonyl (C=O) groups excluding carboxylic acids is 2. The number of methoxy groups -OCH3 is 2. The molecule has 10 heteroatoms. The highest BCUT2D eigenvalue weighted by Gasteiger charge is 2.51. The van der Waals surface area contributed by atoms with Gasteiger partial charge in [-0.25, -0.2) is 0 Å². The van der Waals surface area contributed by atoms with E-state index in [1.807, 2.05) is 82.7 Å². The normalized spacial score (nSPS) is 22.7. The minimum Gasteiger partial charge on any atom is -0.496 e. The molecule has 0 aliphatic carbocycles. The van der Waals surface area contributed by atoms with E-state index in [9.17, 15) is 9.59 Å². The first-order valence-corrected chi connectivity index (χ1v) is 17.7. The molecule has 2 spiro atoms. The van der Waals surface area contributed by atoms with Gasteiger partial charge in [0.2, 0.25) is 0 Å². The summed E-state index contributed by atoms with van der Waals surface area (Å²) >= 11 is 3.45. The number of halogens is 1. The van der Waals surface area contributed by atoms with E-state index in [2.05, 4.69) is 55.8 Å². The Hall–Kier alpha value is -5.09. The van der Waals surface area contributed by atoms with Gasteiger partial charge in [-0.15, -0.1) is 0 Å². The number of benzene rings is 4. The van der Waals surface area contributed by atoms with Crippen LogP contribution in [0.1, 0.15) is 29.5 Å². The van der Waals surface area contributed by atoms with Gasteiger partial charge >= 0.3 is 0 Å². The standard InChI is InChI=1S/C22H21N3O2.C18H17BrN2O2/c1-27-20-12-17(6-7-18(20)16-8-10-23-14-16)25-11-9-22(21(25)26)13-15-4-2-3-5-19(15)24-22;1-23-16-10-13(6-7-14(16)19)21-9-8-18(17(21)22)11-12-4-2-3-5-15(12)20-18/h2-8,12,14,24H,9-11,13H2,1H3;2-7,10,20H,8-9,11H2,1H3. The molecule has 0 radical (unpaired) electrons. The molecule has 0 aromatic heterocycles. The SMILES string of the molecule is COc1cc(N2CCC3(Cc4ccccc4N3)C2=O)ccc1Br.COc1cc(N2CCC3(Cc4ccccc4N3)C2=O)ccc1C1=CCN=C1. The molecule has 5 heterocycles. The Bertz CT molecular complexity index is 2030. The zero-order valence-corrected chi connectivity index (χ0v) is 29.6. The van der Waals surface area contributed by atoms with E-state index in [1.165, 1.54) is 11.1 Å². The van der Waals surface area contributed by atoms with Crippen molar-refractivity contribution in [2.75, 3.05) is 54.3 Å². The van der Waals surface area contributed by atoms with Crippen molar-refractivity contribution in [3.8, 4) is 11.5 Å². The second kappa shape index (κ2) is 12.7. The molecule has 50 heavy (non-hydrogen) atoms. The van der Waals surface area contributed by atoms with E-state index >= 15 is 0 Å². The Labute approximate surface area is 300 Å². The molecule has 2 fully saturated rings. The lowest BCUT2D eigenvalue weighted by atomic mass is 9.93. The van der Waals surface area contributed by atoms with Crippen molar-refractivity contribution in [2.45, 2.75) is 36.8 Å². The molecule has 2 saturated heterocycles. The van der Waals surface area contributed by atoms with E-state index in [1.54, 1.807) is 14.2 Å². The molecule has 9 rings (SSSR count). The number of hydrogen-bond donors (Lipinski definition) is 2. The van der Waals surface area contributed by atoms with Crippen molar-refractivity contribution >= 4 is 62.3 Å². The predicted molar refractivity (Wildman–Crippen MR) is 202 cm³/mol. The van der Waals surface area contributed by atoms with Crippen LogP contribution in [0.25, 0.3) is 5.57 Å². The van der Waals surface area contributed by atoms with Gasteiger partial charge < -0.3 is 29.9 Å². The number of nitrogens with zero attached hydrogens (tertiary/aromatic N) is 3. The van der Waals surface area contributed by atoms with Crippen LogP contribution >= 0.6 is 15.9 Å². The van der Waals surface area contributed by atoms with Crippen LogP contribution in [-0.4, -0.2) is 63.0 Å². The lowest BCUT2D eigenvalue weighted by molar-refractivity contribution is -0.121. The average Bonchev–Trinajstić information content (AvgIpc) is 3.98. The maximum atomic E-state index is 13.3. The second-order valence-corrected chi connectivity index (χ2v) is 14.2. The summed E-state index contributed by atoms with van der Waals surface area (Å²) in [5, 5.41) is 6.96. The van der Waals surface area contributed by atoms with Gasteiger partial charge in [0.15, 0.2) is 0 Å². The van der Waals surface area contributed by atoms with Crippen LogP contribution in [0.3, 0.4) is 0 Å². The van der Waals surface area contributed by atoms with Crippen LogP contribution in [0, 0.1) is 0 Å². The van der Waals surface area contributed by atoms with Gasteiger partial charge in [0.25, 0.3) is 11.8 Å². The van der Waals surface area contributed by atoms with Crippen molar-refractivity contribution in [3.05, 3.63) is 112 Å². The molecule has 0 saturated carbocycles. The zero-order valence-electron chi connectivity index (χ0n) is 28.0. The number of ether oxygens (including phenoxy) is 2. The Balaban J connectivity index is 0.000000146. The summed E-state index contributed by atoms with van der Waals surface area (Å²) in [6, 6.07) is 28.1. The Morgan fingerprint density at radius 2 is 1.26 bits per heavy atom. The number of carbonyl (C=O) groups is 2. The highest BCUT2D eigenvalue weighted by atomic mass is 79.9. The van der Waals surface area contributed by atoms with Crippen LogP contribution in [-0.2, 0) is 22.4 Å². The van der Waals surface area contributed by atoms with Gasteiger partial charge in [-0.3, -0.25) is 14.6 Å². The summed E-state index contributed by atoms with van der Waals surface area (Å²) < 4.78 is 11.8. The molecule has 4 aromatic carbocycles. The molecule has 254 valence electrons. The van der Waals surface area contributed by atoms with Gasteiger partial charge in [0.1, 0.15) is 22.6 Å². The first-order valence-electron chi connectivity index (χ1n) is 16.9. The Morgan fingerprint density at radius 3 is 1.78 bits per heavy atom. The fraction of sp³-hybridized carbons (Fsp3) is 0.275. The fourth-order valence-electron chi connectivity index (χ4n) is 7.88. The molecule has 0 bridgehead atoms. The predicted octanol–water partition coefficient (Wildman–Crippen LogP) is 6.91. The van der Waals surface area contributed by atoms with Crippen molar-refractivity contribution in [1.29, 1.82) is 0 Å². The number of fused-ring (bicyclic) bond motifs is 2. The maximum Gasteiger partial charge on any atom is 0.253 e. The van der Waals surface area contributed by atoms with Gasteiger partial charge in [-0.05, 0) is 76.3 Å². The number of hydrogen-bond acceptors (Lipinski definition) is 7. The third-order valence-electron chi connectivity index (χ3n) is 10.5. The highest BCUT2D eigenvalue weighted by molar-refractivity contribution is 9.10. The van der Waals surface area contributed by atoms with Crippen LogP contribution < -0.4 is 29.9 Å². The smallest absolute Gasteiger partial charge is 0.253 e. The van der Waals surface area contributed by atoms with Gasteiger partial charge in [0.05, 0.1) is 25.2 Å². The highest BCUT2D eigenvalue weighted by Crippen LogP contribution is 2.43. The molecular formula is C40H38BrN5O4. The molecule has 5 aliphatic heterocycles. The monoisotopic (exact) mass is 731 g/mol. The zero-order chi connectivity index (χ0) is 34.5. The van der Waals surface area contributed by atoms with Gasteiger partial charge in [0, 0.05) is 78.2 Å². The Morgan fingerprint density at radius 1 is 0.720 bits per heavy atom. The molecule has 9 nitrogen and oxygen atoms in total. The van der Waals surface area contributed by atoms with Crippen LogP contribution in [0.4, 0.5) is 22.7 Å². The molecule has 4 aromatic rings. The summed E-state index contributed by atoms with van der Waals surface area (Å²) in [6.07, 6.45) is 7.05. The van der Waals surface area contributed by atoms with Crippen LogP contribution in [0.5, 0.6) is 11.5 Å². The fourth-order valence-corrected chi connectivity index (χ4v) is 8.28.